The first-order valence-electron chi connectivity index (χ1n) is 6.23. The molecule has 4 heteroatoms. The highest BCUT2D eigenvalue weighted by Gasteiger charge is 2.25. The van der Waals surface area contributed by atoms with Crippen molar-refractivity contribution in [3.63, 3.8) is 0 Å². The van der Waals surface area contributed by atoms with Crippen molar-refractivity contribution < 1.29 is 4.79 Å². The van der Waals surface area contributed by atoms with Gasteiger partial charge >= 0.3 is 0 Å². The molecule has 1 aliphatic carbocycles. The van der Waals surface area contributed by atoms with Gasteiger partial charge in [0.15, 0.2) is 0 Å². The average molecular weight is 307 g/mol. The van der Waals surface area contributed by atoms with E-state index in [2.05, 4.69) is 33.0 Å². The number of carbonyl (C=O) groups excluding carboxylic acids is 1. The van der Waals surface area contributed by atoms with Gasteiger partial charge in [-0.05, 0) is 43.0 Å². The van der Waals surface area contributed by atoms with Gasteiger partial charge in [0.2, 0.25) is 5.91 Å². The van der Waals surface area contributed by atoms with Crippen LogP contribution in [0.2, 0.25) is 0 Å². The minimum atomic E-state index is -0.215. The lowest BCUT2D eigenvalue weighted by Gasteiger charge is -2.21. The molecule has 0 bridgehead atoms. The summed E-state index contributed by atoms with van der Waals surface area (Å²) < 4.78 is 1.09. The van der Waals surface area contributed by atoms with Gasteiger partial charge in [0.05, 0.1) is 0 Å². The van der Waals surface area contributed by atoms with E-state index in [0.717, 1.165) is 29.3 Å². The highest BCUT2D eigenvalue weighted by Crippen LogP contribution is 2.38. The molecule has 94 valence electrons. The van der Waals surface area contributed by atoms with Crippen LogP contribution in [0, 0.1) is 0 Å². The highest BCUT2D eigenvalue weighted by atomic mass is 79.9. The molecule has 0 aliphatic heterocycles. The van der Waals surface area contributed by atoms with Crippen molar-refractivity contribution in [3.05, 3.63) is 33.9 Å². The maximum absolute atomic E-state index is 11.1. The summed E-state index contributed by atoms with van der Waals surface area (Å²) in [6, 6.07) is 6.27. The average Bonchev–Trinajstić information content (AvgIpc) is 2.68. The lowest BCUT2D eigenvalue weighted by atomic mass is 9.85. The SMILES string of the molecule is NC(=O)CC1CCCc2c1[nH]c1ccc(Br)cc21. The van der Waals surface area contributed by atoms with Crippen molar-refractivity contribution in [3.8, 4) is 0 Å². The highest BCUT2D eigenvalue weighted by molar-refractivity contribution is 9.10. The smallest absolute Gasteiger partial charge is 0.218 e. The monoisotopic (exact) mass is 306 g/mol. The Balaban J connectivity index is 2.12. The lowest BCUT2D eigenvalue weighted by molar-refractivity contribution is -0.118. The number of hydrogen-bond acceptors (Lipinski definition) is 1. The lowest BCUT2D eigenvalue weighted by Crippen LogP contribution is -2.18. The second-order valence-electron chi connectivity index (χ2n) is 4.97. The van der Waals surface area contributed by atoms with Crippen LogP contribution < -0.4 is 5.73 Å². The largest absolute Gasteiger partial charge is 0.370 e. The number of benzene rings is 1. The topological polar surface area (TPSA) is 58.9 Å². The first kappa shape index (κ1) is 11.8. The number of nitrogens with one attached hydrogen (secondary N) is 1. The second kappa shape index (κ2) is 4.43. The van der Waals surface area contributed by atoms with Crippen LogP contribution in [0.4, 0.5) is 0 Å². The summed E-state index contributed by atoms with van der Waals surface area (Å²) in [5.74, 6) is 0.0464. The van der Waals surface area contributed by atoms with Crippen molar-refractivity contribution in [2.75, 3.05) is 0 Å². The van der Waals surface area contributed by atoms with Crippen molar-refractivity contribution in [2.45, 2.75) is 31.6 Å². The maximum Gasteiger partial charge on any atom is 0.218 e. The summed E-state index contributed by atoms with van der Waals surface area (Å²) in [5.41, 5.74) is 9.07. The molecule has 1 aromatic heterocycles. The molecule has 18 heavy (non-hydrogen) atoms. The number of aromatic amines is 1. The zero-order chi connectivity index (χ0) is 12.7. The number of aromatic nitrogens is 1. The predicted octanol–water partition coefficient (Wildman–Crippen LogP) is 3.23. The third-order valence-electron chi connectivity index (χ3n) is 3.74. The number of aryl methyl sites for hydroxylation is 1. The van der Waals surface area contributed by atoms with Crippen LogP contribution in [-0.4, -0.2) is 10.9 Å². The molecule has 1 atom stereocenters. The number of halogens is 1. The molecule has 0 spiro atoms. The van der Waals surface area contributed by atoms with E-state index in [0.29, 0.717) is 6.42 Å². The first-order chi connectivity index (χ1) is 8.65. The van der Waals surface area contributed by atoms with Crippen LogP contribution in [0.5, 0.6) is 0 Å². The zero-order valence-corrected chi connectivity index (χ0v) is 11.6. The summed E-state index contributed by atoms with van der Waals surface area (Å²) in [4.78, 5) is 14.6. The number of H-pyrrole nitrogens is 1. The molecule has 3 nitrogen and oxygen atoms in total. The Morgan fingerprint density at radius 2 is 2.33 bits per heavy atom. The van der Waals surface area contributed by atoms with Crippen LogP contribution >= 0.6 is 15.9 Å². The van der Waals surface area contributed by atoms with Gasteiger partial charge in [0, 0.05) is 33.4 Å². The Kier molecular flexibility index (Phi) is 2.90. The molecule has 1 unspecified atom stereocenters. The Bertz CT molecular complexity index is 618. The fourth-order valence-corrected chi connectivity index (χ4v) is 3.34. The van der Waals surface area contributed by atoms with Gasteiger partial charge in [0.25, 0.3) is 0 Å². The van der Waals surface area contributed by atoms with Gasteiger partial charge in [-0.1, -0.05) is 15.9 Å². The van der Waals surface area contributed by atoms with Crippen molar-refractivity contribution in [1.29, 1.82) is 0 Å². The van der Waals surface area contributed by atoms with Crippen molar-refractivity contribution >= 4 is 32.7 Å². The van der Waals surface area contributed by atoms with Gasteiger partial charge < -0.3 is 10.7 Å². The van der Waals surface area contributed by atoms with E-state index in [-0.39, 0.29) is 11.8 Å². The predicted molar refractivity (Wildman–Crippen MR) is 75.5 cm³/mol. The quantitative estimate of drug-likeness (QED) is 0.879. The van der Waals surface area contributed by atoms with E-state index in [1.165, 1.54) is 16.6 Å². The molecular weight excluding hydrogens is 292 g/mol. The summed E-state index contributed by atoms with van der Waals surface area (Å²) in [6.07, 6.45) is 3.70. The number of nitrogens with two attached hydrogens (primary N) is 1. The molecule has 1 amide bonds. The fraction of sp³-hybridized carbons (Fsp3) is 0.357. The third-order valence-corrected chi connectivity index (χ3v) is 4.23. The van der Waals surface area contributed by atoms with Crippen LogP contribution in [0.25, 0.3) is 10.9 Å². The van der Waals surface area contributed by atoms with Crippen molar-refractivity contribution in [1.82, 2.24) is 4.98 Å². The normalized spacial score (nSPS) is 18.8. The van der Waals surface area contributed by atoms with Gasteiger partial charge in [-0.15, -0.1) is 0 Å². The summed E-state index contributed by atoms with van der Waals surface area (Å²) in [5, 5.41) is 1.27. The van der Waals surface area contributed by atoms with E-state index in [1.807, 2.05) is 6.07 Å². The van der Waals surface area contributed by atoms with Gasteiger partial charge in [0.1, 0.15) is 0 Å². The van der Waals surface area contributed by atoms with E-state index >= 15 is 0 Å². The molecule has 0 radical (unpaired) electrons. The first-order valence-corrected chi connectivity index (χ1v) is 7.03. The standard InChI is InChI=1S/C14H15BrN2O/c15-9-4-5-12-11(7-9)10-3-1-2-8(6-13(16)18)14(10)17-12/h4-5,7-8,17H,1-3,6H2,(H2,16,18). The summed E-state index contributed by atoms with van der Waals surface area (Å²) >= 11 is 3.51. The molecule has 1 heterocycles. The molecule has 0 fully saturated rings. The van der Waals surface area contributed by atoms with E-state index in [9.17, 15) is 4.79 Å². The van der Waals surface area contributed by atoms with E-state index in [1.54, 1.807) is 0 Å². The molecule has 0 saturated carbocycles. The summed E-state index contributed by atoms with van der Waals surface area (Å²) in [7, 11) is 0. The summed E-state index contributed by atoms with van der Waals surface area (Å²) in [6.45, 7) is 0. The Morgan fingerprint density at radius 1 is 1.50 bits per heavy atom. The van der Waals surface area contributed by atoms with E-state index in [4.69, 9.17) is 5.73 Å². The number of amides is 1. The Labute approximate surface area is 114 Å². The number of primary amides is 1. The minimum absolute atomic E-state index is 0.215. The van der Waals surface area contributed by atoms with Crippen LogP contribution in [0.3, 0.4) is 0 Å². The molecule has 3 N–H and O–H groups in total. The van der Waals surface area contributed by atoms with Gasteiger partial charge in [-0.3, -0.25) is 4.79 Å². The molecule has 1 aromatic carbocycles. The van der Waals surface area contributed by atoms with Crippen LogP contribution in [-0.2, 0) is 11.2 Å². The number of rotatable bonds is 2. The number of fused-ring (bicyclic) bond motifs is 3. The van der Waals surface area contributed by atoms with E-state index < -0.39 is 0 Å². The molecule has 2 aromatic rings. The minimum Gasteiger partial charge on any atom is -0.370 e. The fourth-order valence-electron chi connectivity index (χ4n) is 2.98. The number of carbonyl (C=O) groups is 1. The zero-order valence-electron chi connectivity index (χ0n) is 10.0. The van der Waals surface area contributed by atoms with Crippen LogP contribution in [0.1, 0.15) is 36.4 Å². The maximum atomic E-state index is 11.1. The van der Waals surface area contributed by atoms with Crippen molar-refractivity contribution in [2.24, 2.45) is 5.73 Å². The third kappa shape index (κ3) is 1.94. The second-order valence-corrected chi connectivity index (χ2v) is 5.88. The Morgan fingerprint density at radius 3 is 3.11 bits per heavy atom. The molecular formula is C14H15BrN2O. The van der Waals surface area contributed by atoms with Gasteiger partial charge in [-0.2, -0.15) is 0 Å². The molecule has 0 saturated heterocycles. The van der Waals surface area contributed by atoms with Gasteiger partial charge in [-0.25, -0.2) is 0 Å². The molecule has 3 rings (SSSR count). The van der Waals surface area contributed by atoms with Crippen LogP contribution in [0.15, 0.2) is 22.7 Å². The Hall–Kier alpha value is -1.29. The molecule has 1 aliphatic rings. The number of hydrogen-bond donors (Lipinski definition) is 2.